The summed E-state index contributed by atoms with van der Waals surface area (Å²) < 4.78 is 33.8. The Balaban J connectivity index is 1.34. The van der Waals surface area contributed by atoms with E-state index in [0.717, 1.165) is 63.9 Å². The summed E-state index contributed by atoms with van der Waals surface area (Å²) in [6.45, 7) is 6.37. The van der Waals surface area contributed by atoms with E-state index in [1.807, 2.05) is 19.1 Å². The topological polar surface area (TPSA) is 70.1 Å². The highest BCUT2D eigenvalue weighted by Crippen LogP contribution is 2.43. The molecule has 3 saturated heterocycles. The van der Waals surface area contributed by atoms with Gasteiger partial charge in [-0.25, -0.2) is 8.42 Å². The number of likely N-dealkylation sites (tertiary alicyclic amines) is 1. The first-order valence-corrected chi connectivity index (χ1v) is 11.9. The first-order chi connectivity index (χ1) is 13.4. The van der Waals surface area contributed by atoms with Gasteiger partial charge in [-0.05, 0) is 62.6 Å². The maximum Gasteiger partial charge on any atom is 0.243 e. The molecular weight excluding hydrogens is 376 g/mol. The van der Waals surface area contributed by atoms with Gasteiger partial charge in [-0.1, -0.05) is 18.2 Å². The van der Waals surface area contributed by atoms with Crippen LogP contribution in [0.5, 0.6) is 0 Å². The summed E-state index contributed by atoms with van der Waals surface area (Å²) in [6.07, 6.45) is 4.65. The van der Waals surface area contributed by atoms with E-state index in [1.54, 1.807) is 16.4 Å². The molecule has 7 heteroatoms. The predicted molar refractivity (Wildman–Crippen MR) is 108 cm³/mol. The zero-order valence-electron chi connectivity index (χ0n) is 16.7. The molecule has 0 aromatic heterocycles. The molecule has 0 saturated carbocycles. The Morgan fingerprint density at radius 3 is 2.68 bits per heavy atom. The average Bonchev–Trinajstić information content (AvgIpc) is 3.04. The average molecular weight is 409 g/mol. The molecule has 4 rings (SSSR count). The predicted octanol–water partition coefficient (Wildman–Crippen LogP) is 2.01. The van der Waals surface area contributed by atoms with Crippen LogP contribution in [0.4, 0.5) is 0 Å². The molecule has 1 spiro atoms. The van der Waals surface area contributed by atoms with Gasteiger partial charge in [0.05, 0.1) is 23.7 Å². The second kappa shape index (κ2) is 8.03. The van der Waals surface area contributed by atoms with Crippen LogP contribution in [0.15, 0.2) is 29.2 Å². The number of benzene rings is 1. The molecule has 0 aliphatic carbocycles. The molecule has 0 amide bonds. The quantitative estimate of drug-likeness (QED) is 0.825. The summed E-state index contributed by atoms with van der Waals surface area (Å²) >= 11 is 0. The van der Waals surface area contributed by atoms with Crippen LogP contribution in [0.1, 0.15) is 37.7 Å². The molecule has 3 fully saturated rings. The lowest BCUT2D eigenvalue weighted by Gasteiger charge is -2.38. The van der Waals surface area contributed by atoms with Crippen molar-refractivity contribution in [3.05, 3.63) is 29.8 Å². The largest absolute Gasteiger partial charge is 0.392 e. The van der Waals surface area contributed by atoms with Gasteiger partial charge in [0.1, 0.15) is 0 Å². The Hall–Kier alpha value is -0.990. The third-order valence-corrected chi connectivity index (χ3v) is 8.78. The van der Waals surface area contributed by atoms with Crippen LogP contribution in [0.2, 0.25) is 0 Å². The van der Waals surface area contributed by atoms with E-state index < -0.39 is 10.0 Å². The van der Waals surface area contributed by atoms with Crippen LogP contribution < -0.4 is 0 Å². The first-order valence-electron chi connectivity index (χ1n) is 10.5. The molecule has 1 N–H and O–H groups in total. The smallest absolute Gasteiger partial charge is 0.243 e. The van der Waals surface area contributed by atoms with Crippen molar-refractivity contribution in [2.75, 3.05) is 39.3 Å². The van der Waals surface area contributed by atoms with Crippen molar-refractivity contribution in [2.24, 2.45) is 5.41 Å². The Kier molecular flexibility index (Phi) is 5.82. The summed E-state index contributed by atoms with van der Waals surface area (Å²) in [5.41, 5.74) is 0.910. The van der Waals surface area contributed by atoms with Gasteiger partial charge in [0.25, 0.3) is 0 Å². The Bertz CT molecular complexity index is 789. The number of aryl methyl sites for hydroxylation is 1. The fourth-order valence-electron chi connectivity index (χ4n) is 5.03. The van der Waals surface area contributed by atoms with Crippen molar-refractivity contribution in [1.29, 1.82) is 0 Å². The Morgan fingerprint density at radius 1 is 1.21 bits per heavy atom. The van der Waals surface area contributed by atoms with Gasteiger partial charge in [-0.3, -0.25) is 4.90 Å². The van der Waals surface area contributed by atoms with Crippen molar-refractivity contribution in [3.63, 3.8) is 0 Å². The standard InChI is InChI=1S/C21H32N2O4S/c1-17-5-2-3-7-20(17)28(25,26)23-11-8-21(9-12-23)13-19(27-16-21)15-22-10-4-6-18(24)14-22/h2-3,5,7,18-19,24H,4,6,8-16H2,1H3/t18-,19+/m1/s1. The molecule has 0 radical (unpaired) electrons. The van der Waals surface area contributed by atoms with Crippen molar-refractivity contribution < 1.29 is 18.3 Å². The van der Waals surface area contributed by atoms with Gasteiger partial charge in [-0.15, -0.1) is 0 Å². The lowest BCUT2D eigenvalue weighted by Crippen LogP contribution is -2.44. The summed E-state index contributed by atoms with van der Waals surface area (Å²) in [4.78, 5) is 2.74. The number of aliphatic hydroxyl groups is 1. The molecule has 156 valence electrons. The zero-order valence-corrected chi connectivity index (χ0v) is 17.5. The second-order valence-electron chi connectivity index (χ2n) is 8.86. The molecule has 3 heterocycles. The minimum Gasteiger partial charge on any atom is -0.392 e. The fraction of sp³-hybridized carbons (Fsp3) is 0.714. The van der Waals surface area contributed by atoms with E-state index in [4.69, 9.17) is 4.74 Å². The third kappa shape index (κ3) is 4.14. The minimum atomic E-state index is -3.42. The van der Waals surface area contributed by atoms with Gasteiger partial charge in [0.15, 0.2) is 0 Å². The van der Waals surface area contributed by atoms with E-state index in [-0.39, 0.29) is 17.6 Å². The lowest BCUT2D eigenvalue weighted by atomic mass is 9.77. The molecule has 3 aliphatic heterocycles. The molecule has 0 bridgehead atoms. The summed E-state index contributed by atoms with van der Waals surface area (Å²) in [6, 6.07) is 7.22. The molecule has 3 aliphatic rings. The monoisotopic (exact) mass is 408 g/mol. The third-order valence-electron chi connectivity index (χ3n) is 6.72. The van der Waals surface area contributed by atoms with Crippen molar-refractivity contribution in [2.45, 2.75) is 56.1 Å². The SMILES string of the molecule is Cc1ccccc1S(=O)(=O)N1CCC2(CC1)CO[C@H](CN1CCC[C@@H](O)C1)C2. The second-order valence-corrected chi connectivity index (χ2v) is 10.8. The van der Waals surface area contributed by atoms with E-state index in [0.29, 0.717) is 18.0 Å². The summed E-state index contributed by atoms with van der Waals surface area (Å²) in [5.74, 6) is 0. The number of rotatable bonds is 4. The summed E-state index contributed by atoms with van der Waals surface area (Å²) in [7, 11) is -3.42. The number of hydrogen-bond acceptors (Lipinski definition) is 5. The molecule has 28 heavy (non-hydrogen) atoms. The van der Waals surface area contributed by atoms with Gasteiger partial charge >= 0.3 is 0 Å². The number of ether oxygens (including phenoxy) is 1. The van der Waals surface area contributed by atoms with Crippen LogP contribution in [0, 0.1) is 12.3 Å². The van der Waals surface area contributed by atoms with Crippen LogP contribution in [0.3, 0.4) is 0 Å². The highest BCUT2D eigenvalue weighted by Gasteiger charge is 2.45. The van der Waals surface area contributed by atoms with Gasteiger partial charge < -0.3 is 9.84 Å². The number of sulfonamides is 1. The Morgan fingerprint density at radius 2 is 1.96 bits per heavy atom. The van der Waals surface area contributed by atoms with Gasteiger partial charge in [-0.2, -0.15) is 4.31 Å². The molecule has 2 atom stereocenters. The van der Waals surface area contributed by atoms with Crippen LogP contribution >= 0.6 is 0 Å². The van der Waals surface area contributed by atoms with Crippen molar-refractivity contribution in [3.8, 4) is 0 Å². The molecule has 6 nitrogen and oxygen atoms in total. The zero-order chi connectivity index (χ0) is 19.8. The molecule has 1 aromatic carbocycles. The number of hydrogen-bond donors (Lipinski definition) is 1. The molecule has 0 unspecified atom stereocenters. The van der Waals surface area contributed by atoms with Crippen molar-refractivity contribution in [1.82, 2.24) is 9.21 Å². The number of aliphatic hydroxyl groups excluding tert-OH is 1. The van der Waals surface area contributed by atoms with Crippen LogP contribution in [-0.4, -0.2) is 74.3 Å². The Labute approximate surface area is 168 Å². The van der Waals surface area contributed by atoms with Crippen LogP contribution in [-0.2, 0) is 14.8 Å². The van der Waals surface area contributed by atoms with Crippen molar-refractivity contribution >= 4 is 10.0 Å². The number of nitrogens with zero attached hydrogens (tertiary/aromatic N) is 2. The van der Waals surface area contributed by atoms with E-state index >= 15 is 0 Å². The van der Waals surface area contributed by atoms with E-state index in [2.05, 4.69) is 4.90 Å². The van der Waals surface area contributed by atoms with Gasteiger partial charge in [0.2, 0.25) is 10.0 Å². The minimum absolute atomic E-state index is 0.108. The molecule has 1 aromatic rings. The highest BCUT2D eigenvalue weighted by atomic mass is 32.2. The van der Waals surface area contributed by atoms with Crippen LogP contribution in [0.25, 0.3) is 0 Å². The number of β-amino-alcohol motifs (C(OH)–C–C–N with tert-alkyl or cyclic N) is 1. The number of piperidine rings is 2. The van der Waals surface area contributed by atoms with Gasteiger partial charge in [0, 0.05) is 26.2 Å². The maximum absolute atomic E-state index is 13.0. The maximum atomic E-state index is 13.0. The summed E-state index contributed by atoms with van der Waals surface area (Å²) in [5, 5.41) is 9.87. The van der Waals surface area contributed by atoms with E-state index in [1.165, 1.54) is 0 Å². The normalized spacial score (nSPS) is 29.4. The highest BCUT2D eigenvalue weighted by molar-refractivity contribution is 7.89. The lowest BCUT2D eigenvalue weighted by molar-refractivity contribution is 0.0242. The molecular formula is C21H32N2O4S. The van der Waals surface area contributed by atoms with E-state index in [9.17, 15) is 13.5 Å². The first kappa shape index (κ1) is 20.3. The fourth-order valence-corrected chi connectivity index (χ4v) is 6.70.